The van der Waals surface area contributed by atoms with Gasteiger partial charge in [-0.1, -0.05) is 11.6 Å². The minimum absolute atomic E-state index is 0.131. The van der Waals surface area contributed by atoms with Crippen molar-refractivity contribution in [3.8, 4) is 0 Å². The highest BCUT2D eigenvalue weighted by molar-refractivity contribution is 6.29. The first kappa shape index (κ1) is 14.1. The molecule has 1 aromatic rings. The Labute approximate surface area is 103 Å². The van der Waals surface area contributed by atoms with Crippen LogP contribution in [0.1, 0.15) is 5.56 Å². The van der Waals surface area contributed by atoms with Crippen LogP contribution in [0.3, 0.4) is 0 Å². The summed E-state index contributed by atoms with van der Waals surface area (Å²) in [4.78, 5) is 5.68. The first-order valence-corrected chi connectivity index (χ1v) is 5.30. The lowest BCUT2D eigenvalue weighted by atomic mass is 10.2. The first-order valence-electron chi connectivity index (χ1n) is 4.92. The molecule has 3 nitrogen and oxygen atoms in total. The molecule has 0 aromatic carbocycles. The van der Waals surface area contributed by atoms with E-state index in [0.717, 1.165) is 12.1 Å². The number of rotatable bonds is 4. The van der Waals surface area contributed by atoms with E-state index in [0.29, 0.717) is 13.1 Å². The summed E-state index contributed by atoms with van der Waals surface area (Å²) in [6.45, 7) is 1.19. The van der Waals surface area contributed by atoms with Crippen molar-refractivity contribution in [2.45, 2.75) is 6.18 Å². The van der Waals surface area contributed by atoms with Crippen LogP contribution < -0.4 is 5.32 Å². The van der Waals surface area contributed by atoms with Gasteiger partial charge in [0.15, 0.2) is 0 Å². The second-order valence-electron chi connectivity index (χ2n) is 3.79. The summed E-state index contributed by atoms with van der Waals surface area (Å²) >= 11 is 5.54. The number of aromatic nitrogens is 1. The topological polar surface area (TPSA) is 28.2 Å². The van der Waals surface area contributed by atoms with Crippen LogP contribution in [-0.4, -0.2) is 37.1 Å². The van der Waals surface area contributed by atoms with Crippen LogP contribution in [0, 0.1) is 0 Å². The number of hydrogen-bond donors (Lipinski definition) is 1. The Balaban J connectivity index is 2.76. The van der Waals surface area contributed by atoms with Crippen LogP contribution >= 0.6 is 11.6 Å². The minimum atomic E-state index is -4.41. The van der Waals surface area contributed by atoms with Gasteiger partial charge in [0.25, 0.3) is 0 Å². The second kappa shape index (κ2) is 5.55. The van der Waals surface area contributed by atoms with E-state index in [1.807, 2.05) is 19.0 Å². The van der Waals surface area contributed by atoms with E-state index in [9.17, 15) is 13.2 Å². The molecule has 0 amide bonds. The number of hydrogen-bond acceptors (Lipinski definition) is 3. The standard InChI is InChI=1S/C10H13ClF3N3/c1-17(2)4-3-15-9-6-7(10(12,13)14)5-8(11)16-9/h5-6H,3-4H2,1-2H3,(H,15,16). The molecule has 0 spiro atoms. The molecule has 0 aliphatic rings. The SMILES string of the molecule is CN(C)CCNc1cc(C(F)(F)F)cc(Cl)n1. The molecule has 0 aliphatic carbocycles. The van der Waals surface area contributed by atoms with Gasteiger partial charge >= 0.3 is 6.18 Å². The Morgan fingerprint density at radius 3 is 2.53 bits per heavy atom. The monoisotopic (exact) mass is 267 g/mol. The molecule has 7 heteroatoms. The smallest absolute Gasteiger partial charge is 0.369 e. The lowest BCUT2D eigenvalue weighted by Crippen LogP contribution is -2.21. The van der Waals surface area contributed by atoms with Crippen LogP contribution in [0.5, 0.6) is 0 Å². The average Bonchev–Trinajstić information content (AvgIpc) is 2.14. The van der Waals surface area contributed by atoms with Gasteiger partial charge in [-0.3, -0.25) is 0 Å². The summed E-state index contributed by atoms with van der Waals surface area (Å²) in [5.41, 5.74) is -0.801. The summed E-state index contributed by atoms with van der Waals surface area (Å²) in [5.74, 6) is 0.131. The maximum absolute atomic E-state index is 12.5. The largest absolute Gasteiger partial charge is 0.416 e. The normalized spacial score (nSPS) is 11.9. The molecule has 0 unspecified atom stereocenters. The summed E-state index contributed by atoms with van der Waals surface area (Å²) in [6.07, 6.45) is -4.41. The van der Waals surface area contributed by atoms with Gasteiger partial charge in [0.1, 0.15) is 11.0 Å². The maximum Gasteiger partial charge on any atom is 0.416 e. The molecule has 0 saturated carbocycles. The molecular formula is C10H13ClF3N3. The van der Waals surface area contributed by atoms with Gasteiger partial charge in [0.2, 0.25) is 0 Å². The molecular weight excluding hydrogens is 255 g/mol. The van der Waals surface area contributed by atoms with Gasteiger partial charge in [0.05, 0.1) is 5.56 Å². The molecule has 0 aliphatic heterocycles. The average molecular weight is 268 g/mol. The van der Waals surface area contributed by atoms with E-state index in [1.54, 1.807) is 0 Å². The molecule has 1 heterocycles. The summed E-state index contributed by atoms with van der Waals surface area (Å²) in [7, 11) is 3.74. The Bertz CT molecular complexity index is 380. The highest BCUT2D eigenvalue weighted by Crippen LogP contribution is 2.31. The quantitative estimate of drug-likeness (QED) is 0.851. The predicted molar refractivity (Wildman–Crippen MR) is 61.3 cm³/mol. The maximum atomic E-state index is 12.5. The Hall–Kier alpha value is -1.01. The number of likely N-dealkylation sites (N-methyl/N-ethyl adjacent to an activating group) is 1. The van der Waals surface area contributed by atoms with Crippen LogP contribution in [0.2, 0.25) is 5.15 Å². The fourth-order valence-electron chi connectivity index (χ4n) is 1.16. The van der Waals surface area contributed by atoms with Crippen molar-refractivity contribution < 1.29 is 13.2 Å². The number of nitrogens with zero attached hydrogens (tertiary/aromatic N) is 2. The minimum Gasteiger partial charge on any atom is -0.369 e. The number of alkyl halides is 3. The van der Waals surface area contributed by atoms with E-state index < -0.39 is 11.7 Å². The van der Waals surface area contributed by atoms with E-state index in [2.05, 4.69) is 10.3 Å². The molecule has 0 atom stereocenters. The van der Waals surface area contributed by atoms with Crippen molar-refractivity contribution >= 4 is 17.4 Å². The molecule has 17 heavy (non-hydrogen) atoms. The molecule has 1 N–H and O–H groups in total. The van der Waals surface area contributed by atoms with Crippen molar-refractivity contribution in [1.82, 2.24) is 9.88 Å². The van der Waals surface area contributed by atoms with E-state index >= 15 is 0 Å². The summed E-state index contributed by atoms with van der Waals surface area (Å²) in [6, 6.07) is 1.75. The zero-order valence-electron chi connectivity index (χ0n) is 9.48. The molecule has 0 fully saturated rings. The van der Waals surface area contributed by atoms with E-state index in [-0.39, 0.29) is 11.0 Å². The molecule has 96 valence electrons. The van der Waals surface area contributed by atoms with Crippen LogP contribution in [0.4, 0.5) is 19.0 Å². The third-order valence-corrected chi connectivity index (χ3v) is 2.18. The summed E-state index contributed by atoms with van der Waals surface area (Å²) in [5, 5.41) is 2.62. The molecule has 1 rings (SSSR count). The summed E-state index contributed by atoms with van der Waals surface area (Å²) < 4.78 is 37.4. The number of anilines is 1. The lowest BCUT2D eigenvalue weighted by Gasteiger charge is -2.13. The Kier molecular flexibility index (Phi) is 4.59. The number of pyridine rings is 1. The highest BCUT2D eigenvalue weighted by Gasteiger charge is 2.31. The fourth-order valence-corrected chi connectivity index (χ4v) is 1.37. The fraction of sp³-hybridized carbons (Fsp3) is 0.500. The van der Waals surface area contributed by atoms with Crippen LogP contribution in [0.25, 0.3) is 0 Å². The third-order valence-electron chi connectivity index (χ3n) is 1.99. The van der Waals surface area contributed by atoms with Crippen LogP contribution in [-0.2, 0) is 6.18 Å². The van der Waals surface area contributed by atoms with Gasteiger partial charge in [-0.05, 0) is 26.2 Å². The van der Waals surface area contributed by atoms with Crippen molar-refractivity contribution in [3.63, 3.8) is 0 Å². The van der Waals surface area contributed by atoms with Crippen molar-refractivity contribution in [3.05, 3.63) is 22.8 Å². The van der Waals surface area contributed by atoms with Crippen LogP contribution in [0.15, 0.2) is 12.1 Å². The zero-order valence-corrected chi connectivity index (χ0v) is 10.2. The van der Waals surface area contributed by atoms with Crippen molar-refractivity contribution in [1.29, 1.82) is 0 Å². The second-order valence-corrected chi connectivity index (χ2v) is 4.18. The van der Waals surface area contributed by atoms with E-state index in [4.69, 9.17) is 11.6 Å². The Morgan fingerprint density at radius 2 is 2.00 bits per heavy atom. The van der Waals surface area contributed by atoms with Gasteiger partial charge in [-0.15, -0.1) is 0 Å². The van der Waals surface area contributed by atoms with Gasteiger partial charge < -0.3 is 10.2 Å². The lowest BCUT2D eigenvalue weighted by molar-refractivity contribution is -0.137. The first-order chi connectivity index (χ1) is 7.79. The molecule has 0 radical (unpaired) electrons. The zero-order chi connectivity index (χ0) is 13.1. The van der Waals surface area contributed by atoms with E-state index in [1.165, 1.54) is 0 Å². The predicted octanol–water partition coefficient (Wildman–Crippen LogP) is 2.73. The molecule has 0 bridgehead atoms. The van der Waals surface area contributed by atoms with Crippen molar-refractivity contribution in [2.24, 2.45) is 0 Å². The molecule has 0 saturated heterocycles. The van der Waals surface area contributed by atoms with Crippen molar-refractivity contribution in [2.75, 3.05) is 32.5 Å². The van der Waals surface area contributed by atoms with Gasteiger partial charge in [0, 0.05) is 13.1 Å². The van der Waals surface area contributed by atoms with Gasteiger partial charge in [-0.25, -0.2) is 4.98 Å². The number of nitrogens with one attached hydrogen (secondary N) is 1. The number of halogens is 4. The van der Waals surface area contributed by atoms with Gasteiger partial charge in [-0.2, -0.15) is 13.2 Å². The molecule has 1 aromatic heterocycles. The highest BCUT2D eigenvalue weighted by atomic mass is 35.5. The Morgan fingerprint density at radius 1 is 1.35 bits per heavy atom. The third kappa shape index (κ3) is 4.79.